The van der Waals surface area contributed by atoms with Crippen LogP contribution < -0.4 is 14.2 Å². The molecule has 0 spiro atoms. The minimum absolute atomic E-state index is 0.0964. The molecule has 27 heavy (non-hydrogen) atoms. The predicted molar refractivity (Wildman–Crippen MR) is 93.2 cm³/mol. The highest BCUT2D eigenvalue weighted by Crippen LogP contribution is 2.28. The number of carbonyl (C=O) groups excluding carboxylic acids is 1. The summed E-state index contributed by atoms with van der Waals surface area (Å²) in [6.45, 7) is -0.427. The Kier molecular flexibility index (Phi) is 6.42. The molecule has 2 rings (SSSR count). The van der Waals surface area contributed by atoms with Crippen molar-refractivity contribution in [3.05, 3.63) is 74.5 Å². The number of nitro benzene ring substituents is 1. The zero-order valence-electron chi connectivity index (χ0n) is 14.1. The van der Waals surface area contributed by atoms with Gasteiger partial charge >= 0.3 is 5.97 Å². The number of hydrogen-bond acceptors (Lipinski definition) is 8. The van der Waals surface area contributed by atoms with Crippen LogP contribution >= 0.6 is 0 Å². The van der Waals surface area contributed by atoms with Gasteiger partial charge in [0.15, 0.2) is 18.1 Å². The monoisotopic (exact) mass is 374 g/mol. The molecular formula is C17H14N2O8. The van der Waals surface area contributed by atoms with Gasteiger partial charge in [0.2, 0.25) is 6.20 Å². The van der Waals surface area contributed by atoms with E-state index in [1.807, 2.05) is 0 Å². The Labute approximate surface area is 152 Å². The Morgan fingerprint density at radius 3 is 2.37 bits per heavy atom. The van der Waals surface area contributed by atoms with Crippen LogP contribution in [0.5, 0.6) is 17.2 Å². The van der Waals surface area contributed by atoms with Crippen LogP contribution in [-0.2, 0) is 4.79 Å². The second-order valence-electron chi connectivity index (χ2n) is 5.03. The number of ether oxygens (including phenoxy) is 3. The first-order chi connectivity index (χ1) is 12.9. The van der Waals surface area contributed by atoms with Crippen LogP contribution in [0.4, 0.5) is 5.69 Å². The zero-order chi connectivity index (χ0) is 19.8. The van der Waals surface area contributed by atoms with Crippen LogP contribution in [-0.4, -0.2) is 29.5 Å². The minimum Gasteiger partial charge on any atom is -0.493 e. The van der Waals surface area contributed by atoms with Crippen LogP contribution in [0.1, 0.15) is 5.56 Å². The van der Waals surface area contributed by atoms with Crippen LogP contribution in [0.2, 0.25) is 0 Å². The molecule has 0 aliphatic carbocycles. The molecule has 0 aromatic heterocycles. The first kappa shape index (κ1) is 19.4. The van der Waals surface area contributed by atoms with E-state index in [-0.39, 0.29) is 22.9 Å². The fraction of sp³-hybridized carbons (Fsp3) is 0.118. The smallest absolute Gasteiger partial charge is 0.349 e. The second-order valence-corrected chi connectivity index (χ2v) is 5.03. The average molecular weight is 374 g/mol. The van der Waals surface area contributed by atoms with Gasteiger partial charge in [0.1, 0.15) is 5.75 Å². The number of esters is 1. The molecule has 2 aromatic carbocycles. The van der Waals surface area contributed by atoms with Crippen LogP contribution in [0.3, 0.4) is 0 Å². The average Bonchev–Trinajstić information content (AvgIpc) is 2.65. The molecule has 0 saturated carbocycles. The predicted octanol–water partition coefficient (Wildman–Crippen LogP) is 2.84. The molecule has 0 atom stereocenters. The first-order valence-corrected chi connectivity index (χ1v) is 7.46. The third-order valence-corrected chi connectivity index (χ3v) is 3.20. The van der Waals surface area contributed by atoms with E-state index < -0.39 is 22.4 Å². The lowest BCUT2D eigenvalue weighted by molar-refractivity contribution is -0.400. The lowest BCUT2D eigenvalue weighted by Crippen LogP contribution is -2.18. The van der Waals surface area contributed by atoms with Gasteiger partial charge in [-0.2, -0.15) is 0 Å². The summed E-state index contributed by atoms with van der Waals surface area (Å²) in [6, 6.07) is 9.65. The number of nitrogens with zero attached hydrogens (tertiary/aromatic N) is 2. The van der Waals surface area contributed by atoms with Gasteiger partial charge in [-0.15, -0.1) is 0 Å². The van der Waals surface area contributed by atoms with Gasteiger partial charge in [0, 0.05) is 18.2 Å². The SMILES string of the molecule is COc1cc(/C=C/[N+](=O)[O-])ccc1OC(=O)COc1ccc([N+](=O)[O-])cc1. The normalized spacial score (nSPS) is 10.4. The molecule has 10 nitrogen and oxygen atoms in total. The Morgan fingerprint density at radius 2 is 1.78 bits per heavy atom. The highest BCUT2D eigenvalue weighted by atomic mass is 16.6. The number of rotatable bonds is 8. The number of nitro groups is 2. The summed E-state index contributed by atoms with van der Waals surface area (Å²) in [5.74, 6) is -0.123. The molecule has 0 saturated heterocycles. The van der Waals surface area contributed by atoms with Crippen molar-refractivity contribution >= 4 is 17.7 Å². The summed E-state index contributed by atoms with van der Waals surface area (Å²) in [7, 11) is 1.36. The summed E-state index contributed by atoms with van der Waals surface area (Å²) in [5.41, 5.74) is 0.395. The van der Waals surface area contributed by atoms with E-state index in [2.05, 4.69) is 0 Å². The van der Waals surface area contributed by atoms with Crippen molar-refractivity contribution in [2.45, 2.75) is 0 Å². The summed E-state index contributed by atoms with van der Waals surface area (Å²) in [5, 5.41) is 20.9. The van der Waals surface area contributed by atoms with E-state index >= 15 is 0 Å². The topological polar surface area (TPSA) is 131 Å². The molecule has 0 fully saturated rings. The maximum atomic E-state index is 11.9. The van der Waals surface area contributed by atoms with E-state index in [1.54, 1.807) is 0 Å². The van der Waals surface area contributed by atoms with Crippen molar-refractivity contribution < 1.29 is 28.9 Å². The molecule has 2 aromatic rings. The lowest BCUT2D eigenvalue weighted by Gasteiger charge is -2.10. The van der Waals surface area contributed by atoms with Crippen LogP contribution in [0.15, 0.2) is 48.7 Å². The van der Waals surface area contributed by atoms with Gasteiger partial charge in [-0.05, 0) is 29.8 Å². The van der Waals surface area contributed by atoms with E-state index in [9.17, 15) is 25.0 Å². The third-order valence-electron chi connectivity index (χ3n) is 3.20. The van der Waals surface area contributed by atoms with Gasteiger partial charge < -0.3 is 14.2 Å². The van der Waals surface area contributed by atoms with Crippen LogP contribution in [0.25, 0.3) is 6.08 Å². The maximum Gasteiger partial charge on any atom is 0.349 e. The van der Waals surface area contributed by atoms with Crippen molar-refractivity contribution in [1.29, 1.82) is 0 Å². The number of carbonyl (C=O) groups is 1. The molecule has 0 amide bonds. The highest BCUT2D eigenvalue weighted by Gasteiger charge is 2.12. The Hall–Kier alpha value is -3.95. The van der Waals surface area contributed by atoms with Gasteiger partial charge in [-0.3, -0.25) is 20.2 Å². The van der Waals surface area contributed by atoms with E-state index in [1.165, 1.54) is 55.7 Å². The molecule has 0 unspecified atom stereocenters. The van der Waals surface area contributed by atoms with Crippen LogP contribution in [0, 0.1) is 20.2 Å². The fourth-order valence-electron chi connectivity index (χ4n) is 1.98. The molecule has 0 heterocycles. The quantitative estimate of drug-likeness (QED) is 0.298. The minimum atomic E-state index is -0.722. The molecule has 0 N–H and O–H groups in total. The number of hydrogen-bond donors (Lipinski definition) is 0. The zero-order valence-corrected chi connectivity index (χ0v) is 14.1. The molecule has 140 valence electrons. The van der Waals surface area contributed by atoms with E-state index in [4.69, 9.17) is 14.2 Å². The Balaban J connectivity index is 1.98. The number of methoxy groups -OCH3 is 1. The van der Waals surface area contributed by atoms with Crippen molar-refractivity contribution in [2.24, 2.45) is 0 Å². The van der Waals surface area contributed by atoms with E-state index in [0.717, 1.165) is 6.20 Å². The molecule has 0 radical (unpaired) electrons. The second kappa shape index (κ2) is 8.94. The van der Waals surface area contributed by atoms with Gasteiger partial charge in [0.25, 0.3) is 5.69 Å². The first-order valence-electron chi connectivity index (χ1n) is 7.46. The number of non-ortho nitro benzene ring substituents is 1. The fourth-order valence-corrected chi connectivity index (χ4v) is 1.98. The Morgan fingerprint density at radius 1 is 1.07 bits per heavy atom. The number of benzene rings is 2. The molecular weight excluding hydrogens is 360 g/mol. The molecule has 10 heteroatoms. The van der Waals surface area contributed by atoms with Crippen molar-refractivity contribution in [3.8, 4) is 17.2 Å². The molecule has 0 aliphatic rings. The van der Waals surface area contributed by atoms with Gasteiger partial charge in [-0.25, -0.2) is 4.79 Å². The molecule has 0 aliphatic heterocycles. The highest BCUT2D eigenvalue weighted by molar-refractivity contribution is 5.75. The summed E-state index contributed by atoms with van der Waals surface area (Å²) in [4.78, 5) is 31.7. The van der Waals surface area contributed by atoms with Crippen molar-refractivity contribution in [3.63, 3.8) is 0 Å². The van der Waals surface area contributed by atoms with Gasteiger partial charge in [0.05, 0.1) is 17.0 Å². The van der Waals surface area contributed by atoms with Crippen molar-refractivity contribution in [1.82, 2.24) is 0 Å². The van der Waals surface area contributed by atoms with Crippen molar-refractivity contribution in [2.75, 3.05) is 13.7 Å². The standard InChI is InChI=1S/C17H14N2O8/c1-25-16-10-12(8-9-18(21)22)2-7-15(16)27-17(20)11-26-14-5-3-13(4-6-14)19(23)24/h2-10H,11H2,1H3/b9-8+. The Bertz CT molecular complexity index is 877. The largest absolute Gasteiger partial charge is 0.493 e. The van der Waals surface area contributed by atoms with E-state index in [0.29, 0.717) is 5.56 Å². The summed E-state index contributed by atoms with van der Waals surface area (Å²) >= 11 is 0. The third kappa shape index (κ3) is 5.81. The lowest BCUT2D eigenvalue weighted by atomic mass is 10.2. The molecule has 0 bridgehead atoms. The summed E-state index contributed by atoms with van der Waals surface area (Å²) in [6.07, 6.45) is 2.05. The van der Waals surface area contributed by atoms with Gasteiger partial charge in [-0.1, -0.05) is 6.07 Å². The summed E-state index contributed by atoms with van der Waals surface area (Å²) < 4.78 is 15.5. The maximum absolute atomic E-state index is 11.9.